The summed E-state index contributed by atoms with van der Waals surface area (Å²) < 4.78 is 5.43. The number of hydrogen-bond acceptors (Lipinski definition) is 4. The number of hydrogen-bond donors (Lipinski definition) is 2. The molecule has 2 aromatic rings. The number of likely N-dealkylation sites (tertiary alicyclic amines) is 1. The summed E-state index contributed by atoms with van der Waals surface area (Å²) in [5, 5.41) is 11.0. The molecule has 0 aliphatic carbocycles. The molecule has 0 spiro atoms. The summed E-state index contributed by atoms with van der Waals surface area (Å²) >= 11 is 0. The van der Waals surface area contributed by atoms with Crippen LogP contribution in [0.25, 0.3) is 10.9 Å². The Hall–Kier alpha value is -1.89. The average Bonchev–Trinajstić information content (AvgIpc) is 3.23. The van der Waals surface area contributed by atoms with Gasteiger partial charge < -0.3 is 19.7 Å². The molecule has 2 unspecified atom stereocenters. The molecule has 4 rings (SSSR count). The van der Waals surface area contributed by atoms with Gasteiger partial charge in [0.25, 0.3) is 5.91 Å². The fourth-order valence-electron chi connectivity index (χ4n) is 4.45. The Bertz CT molecular complexity index is 825. The van der Waals surface area contributed by atoms with Crippen LogP contribution in [0.5, 0.6) is 0 Å². The van der Waals surface area contributed by atoms with Gasteiger partial charge in [0.15, 0.2) is 0 Å². The number of carbonyl (C=O) groups is 1. The zero-order chi connectivity index (χ0) is 19.0. The minimum atomic E-state index is 0.0456. The van der Waals surface area contributed by atoms with Crippen molar-refractivity contribution in [2.75, 3.05) is 52.5 Å². The van der Waals surface area contributed by atoms with Gasteiger partial charge in [-0.1, -0.05) is 11.6 Å². The first-order valence-corrected chi connectivity index (χ1v) is 9.86. The fourth-order valence-corrected chi connectivity index (χ4v) is 4.45. The van der Waals surface area contributed by atoms with Gasteiger partial charge in [0.1, 0.15) is 5.69 Å². The van der Waals surface area contributed by atoms with E-state index in [9.17, 15) is 9.90 Å². The highest BCUT2D eigenvalue weighted by molar-refractivity contribution is 6.01. The van der Waals surface area contributed by atoms with Crippen molar-refractivity contribution >= 4 is 16.8 Å². The number of nitrogens with zero attached hydrogens (tertiary/aromatic N) is 2. The van der Waals surface area contributed by atoms with Crippen LogP contribution in [0.15, 0.2) is 18.2 Å². The van der Waals surface area contributed by atoms with Gasteiger partial charge in [-0.15, -0.1) is 0 Å². The zero-order valence-electron chi connectivity index (χ0n) is 16.2. The van der Waals surface area contributed by atoms with Crippen molar-refractivity contribution in [1.82, 2.24) is 14.8 Å². The Labute approximate surface area is 160 Å². The summed E-state index contributed by atoms with van der Waals surface area (Å²) in [4.78, 5) is 20.8. The van der Waals surface area contributed by atoms with Crippen LogP contribution < -0.4 is 0 Å². The second-order valence-corrected chi connectivity index (χ2v) is 8.00. The molecule has 2 N–H and O–H groups in total. The Morgan fingerprint density at radius 2 is 1.96 bits per heavy atom. The number of aliphatic hydroxyl groups is 1. The first-order chi connectivity index (χ1) is 13.1. The standard InChI is InChI=1S/C21H29N3O3/c1-14-3-4-19-18(9-14)15(2)20(22-19)21(26)24-11-16(17(12-24)13-25)10-23-5-7-27-8-6-23/h3-4,9,16-17,22,25H,5-8,10-13H2,1-2H3. The molecule has 2 aliphatic rings. The molecule has 0 radical (unpaired) electrons. The third-order valence-electron chi connectivity index (χ3n) is 6.12. The number of morpholine rings is 1. The monoisotopic (exact) mass is 371 g/mol. The maximum absolute atomic E-state index is 13.2. The van der Waals surface area contributed by atoms with Crippen molar-refractivity contribution in [3.8, 4) is 0 Å². The Morgan fingerprint density at radius 1 is 1.22 bits per heavy atom. The van der Waals surface area contributed by atoms with Gasteiger partial charge in [-0.05, 0) is 37.5 Å². The molecule has 1 aromatic carbocycles. The summed E-state index contributed by atoms with van der Waals surface area (Å²) in [5.74, 6) is 0.497. The molecule has 2 saturated heterocycles. The van der Waals surface area contributed by atoms with E-state index in [-0.39, 0.29) is 18.4 Å². The molecule has 2 atom stereocenters. The number of fused-ring (bicyclic) bond motifs is 1. The van der Waals surface area contributed by atoms with Crippen LogP contribution in [-0.2, 0) is 4.74 Å². The van der Waals surface area contributed by atoms with E-state index in [0.717, 1.165) is 49.3 Å². The summed E-state index contributed by atoms with van der Waals surface area (Å²) in [7, 11) is 0. The topological polar surface area (TPSA) is 68.8 Å². The highest BCUT2D eigenvalue weighted by Gasteiger charge is 2.37. The molecule has 1 amide bonds. The predicted molar refractivity (Wildman–Crippen MR) is 105 cm³/mol. The lowest BCUT2D eigenvalue weighted by Crippen LogP contribution is -2.41. The van der Waals surface area contributed by atoms with E-state index in [4.69, 9.17) is 4.74 Å². The minimum absolute atomic E-state index is 0.0456. The molecule has 1 aromatic heterocycles. The number of aliphatic hydroxyl groups excluding tert-OH is 1. The molecule has 2 fully saturated rings. The maximum Gasteiger partial charge on any atom is 0.270 e. The number of carbonyl (C=O) groups excluding carboxylic acids is 1. The van der Waals surface area contributed by atoms with Crippen molar-refractivity contribution in [2.24, 2.45) is 11.8 Å². The quantitative estimate of drug-likeness (QED) is 0.860. The fraction of sp³-hybridized carbons (Fsp3) is 0.571. The van der Waals surface area contributed by atoms with Gasteiger partial charge in [0.05, 0.1) is 13.2 Å². The van der Waals surface area contributed by atoms with Crippen LogP contribution in [0.4, 0.5) is 0 Å². The van der Waals surface area contributed by atoms with Crippen molar-refractivity contribution in [3.63, 3.8) is 0 Å². The number of aromatic nitrogens is 1. The largest absolute Gasteiger partial charge is 0.396 e. The van der Waals surface area contributed by atoms with E-state index in [0.29, 0.717) is 24.7 Å². The number of rotatable bonds is 4. The highest BCUT2D eigenvalue weighted by atomic mass is 16.5. The van der Waals surface area contributed by atoms with E-state index in [1.165, 1.54) is 5.56 Å². The van der Waals surface area contributed by atoms with Crippen LogP contribution in [0.2, 0.25) is 0 Å². The second kappa shape index (κ2) is 7.62. The molecule has 6 nitrogen and oxygen atoms in total. The molecule has 146 valence electrons. The first kappa shape index (κ1) is 18.5. The number of ether oxygens (including phenoxy) is 1. The minimum Gasteiger partial charge on any atom is -0.396 e. The maximum atomic E-state index is 13.2. The SMILES string of the molecule is Cc1ccc2[nH]c(C(=O)N3CC(CO)C(CN4CCOCC4)C3)c(C)c2c1. The van der Waals surface area contributed by atoms with Crippen molar-refractivity contribution in [1.29, 1.82) is 0 Å². The third-order valence-corrected chi connectivity index (χ3v) is 6.12. The number of benzene rings is 1. The van der Waals surface area contributed by atoms with Crippen LogP contribution in [0.1, 0.15) is 21.6 Å². The molecule has 2 aliphatic heterocycles. The zero-order valence-corrected chi connectivity index (χ0v) is 16.2. The Kier molecular flexibility index (Phi) is 5.21. The van der Waals surface area contributed by atoms with Gasteiger partial charge >= 0.3 is 0 Å². The first-order valence-electron chi connectivity index (χ1n) is 9.86. The normalized spacial score (nSPS) is 24.0. The smallest absolute Gasteiger partial charge is 0.270 e. The molecular weight excluding hydrogens is 342 g/mol. The van der Waals surface area contributed by atoms with E-state index in [1.807, 2.05) is 17.9 Å². The van der Waals surface area contributed by atoms with Gasteiger partial charge in [0.2, 0.25) is 0 Å². The Balaban J connectivity index is 1.51. The van der Waals surface area contributed by atoms with Gasteiger partial charge in [-0.3, -0.25) is 9.69 Å². The van der Waals surface area contributed by atoms with Gasteiger partial charge in [-0.25, -0.2) is 0 Å². The summed E-state index contributed by atoms with van der Waals surface area (Å²) in [6.07, 6.45) is 0. The molecule has 3 heterocycles. The van der Waals surface area contributed by atoms with Crippen molar-refractivity contribution in [3.05, 3.63) is 35.0 Å². The molecular formula is C21H29N3O3. The van der Waals surface area contributed by atoms with Crippen LogP contribution in [0, 0.1) is 25.7 Å². The predicted octanol–water partition coefficient (Wildman–Crippen LogP) is 1.80. The van der Waals surface area contributed by atoms with E-state index < -0.39 is 0 Å². The van der Waals surface area contributed by atoms with Crippen molar-refractivity contribution < 1.29 is 14.6 Å². The number of nitrogens with one attached hydrogen (secondary N) is 1. The summed E-state index contributed by atoms with van der Waals surface area (Å²) in [6.45, 7) is 9.86. The molecule has 27 heavy (non-hydrogen) atoms. The van der Waals surface area contributed by atoms with Crippen LogP contribution >= 0.6 is 0 Å². The number of aromatic amines is 1. The Morgan fingerprint density at radius 3 is 2.70 bits per heavy atom. The summed E-state index contributed by atoms with van der Waals surface area (Å²) in [5.41, 5.74) is 3.88. The van der Waals surface area contributed by atoms with Crippen LogP contribution in [0.3, 0.4) is 0 Å². The third kappa shape index (κ3) is 3.61. The molecule has 0 saturated carbocycles. The van der Waals surface area contributed by atoms with Crippen LogP contribution in [-0.4, -0.2) is 78.3 Å². The number of H-pyrrole nitrogens is 1. The summed E-state index contributed by atoms with van der Waals surface area (Å²) in [6, 6.07) is 6.22. The molecule has 0 bridgehead atoms. The van der Waals surface area contributed by atoms with E-state index in [1.54, 1.807) is 0 Å². The second-order valence-electron chi connectivity index (χ2n) is 8.00. The lowest BCUT2D eigenvalue weighted by Gasteiger charge is -2.30. The van der Waals surface area contributed by atoms with Gasteiger partial charge in [-0.2, -0.15) is 0 Å². The number of amides is 1. The van der Waals surface area contributed by atoms with Crippen molar-refractivity contribution in [2.45, 2.75) is 13.8 Å². The van der Waals surface area contributed by atoms with E-state index in [2.05, 4.69) is 28.9 Å². The molecule has 6 heteroatoms. The number of aryl methyl sites for hydroxylation is 2. The lowest BCUT2D eigenvalue weighted by atomic mass is 9.96. The van der Waals surface area contributed by atoms with E-state index >= 15 is 0 Å². The van der Waals surface area contributed by atoms with Gasteiger partial charge in [0, 0.05) is 56.2 Å². The average molecular weight is 371 g/mol. The lowest BCUT2D eigenvalue weighted by molar-refractivity contribution is 0.0264. The highest BCUT2D eigenvalue weighted by Crippen LogP contribution is 2.29.